The normalized spacial score (nSPS) is 9.09. The summed E-state index contributed by atoms with van der Waals surface area (Å²) in [7, 11) is 0. The molecule has 0 radical (unpaired) electrons. The first-order chi connectivity index (χ1) is 5.27. The van der Waals surface area contributed by atoms with Crippen LogP contribution in [-0.2, 0) is 0 Å². The van der Waals surface area contributed by atoms with Crippen LogP contribution in [-0.4, -0.2) is 6.21 Å². The van der Waals surface area contributed by atoms with E-state index in [0.29, 0.717) is 5.69 Å². The molecule has 0 aliphatic heterocycles. The fourth-order valence-corrected chi connectivity index (χ4v) is 0.904. The number of hydrogen-bond donors (Lipinski definition) is 2. The van der Waals surface area contributed by atoms with E-state index in [-0.39, 0.29) is 0 Å². The summed E-state index contributed by atoms with van der Waals surface area (Å²) < 4.78 is 0. The zero-order valence-corrected chi connectivity index (χ0v) is 6.17. The van der Waals surface area contributed by atoms with Crippen LogP contribution in [0.5, 0.6) is 0 Å². The summed E-state index contributed by atoms with van der Waals surface area (Å²) in [5.41, 5.74) is 7.94. The van der Waals surface area contributed by atoms with Crippen molar-refractivity contribution in [2.75, 3.05) is 5.73 Å². The predicted molar refractivity (Wildman–Crippen MR) is 48.8 cm³/mol. The molecule has 11 heavy (non-hydrogen) atoms. The van der Waals surface area contributed by atoms with E-state index in [4.69, 9.17) is 11.1 Å². The Labute approximate surface area is 65.9 Å². The summed E-state index contributed by atoms with van der Waals surface area (Å²) >= 11 is 0. The van der Waals surface area contributed by atoms with E-state index in [0.717, 1.165) is 11.1 Å². The van der Waals surface area contributed by atoms with Crippen LogP contribution in [0.25, 0.3) is 6.08 Å². The van der Waals surface area contributed by atoms with E-state index in [9.17, 15) is 0 Å². The lowest BCUT2D eigenvalue weighted by Crippen LogP contribution is -1.90. The van der Waals surface area contributed by atoms with Gasteiger partial charge >= 0.3 is 0 Å². The Morgan fingerprint density at radius 1 is 1.36 bits per heavy atom. The van der Waals surface area contributed by atoms with Gasteiger partial charge in [0.05, 0.1) is 0 Å². The second kappa shape index (κ2) is 3.01. The molecule has 1 aromatic carbocycles. The van der Waals surface area contributed by atoms with Crippen molar-refractivity contribution in [2.24, 2.45) is 0 Å². The Kier molecular flexibility index (Phi) is 2.06. The molecular weight excluding hydrogens is 136 g/mol. The molecule has 0 aromatic heterocycles. The van der Waals surface area contributed by atoms with Crippen LogP contribution in [0.3, 0.4) is 0 Å². The lowest BCUT2D eigenvalue weighted by atomic mass is 10.1. The van der Waals surface area contributed by atoms with E-state index in [1.165, 1.54) is 6.21 Å². The minimum atomic E-state index is 0.675. The van der Waals surface area contributed by atoms with E-state index in [1.807, 2.05) is 6.07 Å². The first kappa shape index (κ1) is 7.54. The van der Waals surface area contributed by atoms with Gasteiger partial charge in [-0.25, -0.2) is 0 Å². The predicted octanol–water partition coefficient (Wildman–Crippen LogP) is 1.91. The van der Waals surface area contributed by atoms with E-state index < -0.39 is 0 Å². The molecule has 0 spiro atoms. The molecule has 0 amide bonds. The third-order valence-corrected chi connectivity index (χ3v) is 1.49. The van der Waals surface area contributed by atoms with Crippen LogP contribution in [0.4, 0.5) is 5.69 Å². The van der Waals surface area contributed by atoms with Gasteiger partial charge < -0.3 is 11.1 Å². The van der Waals surface area contributed by atoms with Crippen molar-refractivity contribution < 1.29 is 0 Å². The number of hydrogen-bond acceptors (Lipinski definition) is 2. The molecule has 0 atom stereocenters. The Morgan fingerprint density at radius 2 is 2.09 bits per heavy atom. The van der Waals surface area contributed by atoms with E-state index in [1.54, 1.807) is 18.2 Å². The van der Waals surface area contributed by atoms with Crippen molar-refractivity contribution in [3.63, 3.8) is 0 Å². The fourth-order valence-electron chi connectivity index (χ4n) is 0.904. The van der Waals surface area contributed by atoms with Crippen molar-refractivity contribution in [3.05, 3.63) is 35.9 Å². The highest BCUT2D eigenvalue weighted by Crippen LogP contribution is 2.12. The van der Waals surface area contributed by atoms with Gasteiger partial charge in [0, 0.05) is 17.5 Å². The number of rotatable bonds is 2. The van der Waals surface area contributed by atoms with Gasteiger partial charge in [0.1, 0.15) is 0 Å². The van der Waals surface area contributed by atoms with Crippen LogP contribution in [0.15, 0.2) is 24.8 Å². The quantitative estimate of drug-likeness (QED) is 0.486. The molecule has 2 nitrogen and oxygen atoms in total. The summed E-state index contributed by atoms with van der Waals surface area (Å²) in [5, 5.41) is 7.06. The van der Waals surface area contributed by atoms with Gasteiger partial charge in [-0.1, -0.05) is 18.7 Å². The minimum absolute atomic E-state index is 0.675. The summed E-state index contributed by atoms with van der Waals surface area (Å²) in [6.45, 7) is 3.63. The number of nitrogens with two attached hydrogens (primary N) is 1. The monoisotopic (exact) mass is 146 g/mol. The van der Waals surface area contributed by atoms with Crippen LogP contribution < -0.4 is 5.73 Å². The van der Waals surface area contributed by atoms with Crippen molar-refractivity contribution in [2.45, 2.75) is 0 Å². The molecule has 1 rings (SSSR count). The first-order valence-corrected chi connectivity index (χ1v) is 3.30. The smallest absolute Gasteiger partial charge is 0.0320 e. The number of benzene rings is 1. The summed E-state index contributed by atoms with van der Waals surface area (Å²) in [6.07, 6.45) is 2.98. The highest BCUT2D eigenvalue weighted by molar-refractivity contribution is 5.84. The van der Waals surface area contributed by atoms with Crippen LogP contribution in [0.1, 0.15) is 11.1 Å². The van der Waals surface area contributed by atoms with Crippen LogP contribution in [0.2, 0.25) is 0 Å². The molecule has 3 N–H and O–H groups in total. The maximum Gasteiger partial charge on any atom is 0.0320 e. The summed E-state index contributed by atoms with van der Waals surface area (Å²) in [4.78, 5) is 0. The highest BCUT2D eigenvalue weighted by Gasteiger charge is 1.94. The zero-order chi connectivity index (χ0) is 8.27. The van der Waals surface area contributed by atoms with Gasteiger partial charge in [-0.15, -0.1) is 0 Å². The number of nitrogens with one attached hydrogen (secondary N) is 1. The Hall–Kier alpha value is -1.57. The Bertz CT molecular complexity index is 290. The first-order valence-electron chi connectivity index (χ1n) is 3.30. The largest absolute Gasteiger partial charge is 0.399 e. The number of nitrogen functional groups attached to an aromatic ring is 1. The Morgan fingerprint density at radius 3 is 2.64 bits per heavy atom. The van der Waals surface area contributed by atoms with Crippen molar-refractivity contribution >= 4 is 18.0 Å². The average Bonchev–Trinajstić information content (AvgIpc) is 2.04. The molecule has 0 aliphatic carbocycles. The number of anilines is 1. The molecule has 56 valence electrons. The van der Waals surface area contributed by atoms with Crippen molar-refractivity contribution in [3.8, 4) is 0 Å². The Balaban J connectivity index is 3.26. The molecule has 0 fully saturated rings. The van der Waals surface area contributed by atoms with Gasteiger partial charge in [0.2, 0.25) is 0 Å². The minimum Gasteiger partial charge on any atom is -0.399 e. The second-order valence-corrected chi connectivity index (χ2v) is 2.24. The lowest BCUT2D eigenvalue weighted by molar-refractivity contribution is 1.52. The van der Waals surface area contributed by atoms with Crippen LogP contribution >= 0.6 is 0 Å². The molecule has 2 heteroatoms. The molecule has 1 aromatic rings. The second-order valence-electron chi connectivity index (χ2n) is 2.24. The van der Waals surface area contributed by atoms with Gasteiger partial charge in [-0.3, -0.25) is 0 Å². The average molecular weight is 146 g/mol. The summed E-state index contributed by atoms with van der Waals surface area (Å²) in [5.74, 6) is 0. The lowest BCUT2D eigenvalue weighted by Gasteiger charge is -1.99. The van der Waals surface area contributed by atoms with Gasteiger partial charge in [0.25, 0.3) is 0 Å². The molecule has 0 unspecified atom stereocenters. The molecule has 0 aliphatic rings. The molecule has 0 saturated carbocycles. The molecule has 0 bridgehead atoms. The third-order valence-electron chi connectivity index (χ3n) is 1.49. The van der Waals surface area contributed by atoms with Crippen molar-refractivity contribution in [1.29, 1.82) is 5.41 Å². The SMILES string of the molecule is C=Cc1ccc(N)cc1C=N. The van der Waals surface area contributed by atoms with Gasteiger partial charge in [-0.2, -0.15) is 0 Å². The maximum atomic E-state index is 7.06. The van der Waals surface area contributed by atoms with Crippen molar-refractivity contribution in [1.82, 2.24) is 0 Å². The standard InChI is InChI=1S/C9H10N2/c1-2-7-3-4-9(11)5-8(7)6-10/h2-6,10H,1,11H2. The van der Waals surface area contributed by atoms with E-state index in [2.05, 4.69) is 6.58 Å². The topological polar surface area (TPSA) is 49.9 Å². The summed E-state index contributed by atoms with van der Waals surface area (Å²) in [6, 6.07) is 5.40. The fraction of sp³-hybridized carbons (Fsp3) is 0. The third kappa shape index (κ3) is 1.46. The maximum absolute atomic E-state index is 7.06. The molecule has 0 heterocycles. The van der Waals surface area contributed by atoms with Crippen LogP contribution in [0, 0.1) is 5.41 Å². The zero-order valence-electron chi connectivity index (χ0n) is 6.17. The van der Waals surface area contributed by atoms with Gasteiger partial charge in [0.15, 0.2) is 0 Å². The van der Waals surface area contributed by atoms with Gasteiger partial charge in [-0.05, 0) is 17.7 Å². The van der Waals surface area contributed by atoms with E-state index >= 15 is 0 Å². The highest BCUT2D eigenvalue weighted by atomic mass is 14.5. The molecular formula is C9H10N2. The molecule has 0 saturated heterocycles.